The van der Waals surface area contributed by atoms with Crippen molar-refractivity contribution in [1.82, 2.24) is 10.3 Å². The van der Waals surface area contributed by atoms with E-state index in [0.29, 0.717) is 6.04 Å². The summed E-state index contributed by atoms with van der Waals surface area (Å²) in [6.07, 6.45) is 6.56. The fourth-order valence-electron chi connectivity index (χ4n) is 2.22. The number of hydrogen-bond acceptors (Lipinski definition) is 4. The minimum Gasteiger partial charge on any atom is -0.490 e. The third kappa shape index (κ3) is 3.88. The number of nitrogens with one attached hydrogen (secondary N) is 2. The largest absolute Gasteiger partial charge is 0.490 e. The fraction of sp³-hybridized carbons (Fsp3) is 0.643. The van der Waals surface area contributed by atoms with Gasteiger partial charge in [0, 0.05) is 18.8 Å². The number of hydrogen-bond donors (Lipinski definition) is 2. The number of pyridine rings is 1. The van der Waals surface area contributed by atoms with E-state index in [1.807, 2.05) is 12.1 Å². The van der Waals surface area contributed by atoms with Gasteiger partial charge in [-0.2, -0.15) is 0 Å². The first-order chi connectivity index (χ1) is 8.90. The second-order valence-electron chi connectivity index (χ2n) is 4.71. The van der Waals surface area contributed by atoms with Crippen molar-refractivity contribution < 1.29 is 4.74 Å². The van der Waals surface area contributed by atoms with Crippen LogP contribution in [-0.2, 0) is 0 Å². The summed E-state index contributed by atoms with van der Waals surface area (Å²) >= 11 is 0. The summed E-state index contributed by atoms with van der Waals surface area (Å²) in [5.41, 5.74) is 0. The highest BCUT2D eigenvalue weighted by molar-refractivity contribution is 5.49. The van der Waals surface area contributed by atoms with E-state index in [1.54, 1.807) is 6.20 Å². The highest BCUT2D eigenvalue weighted by Gasteiger charge is 2.13. The number of aromatic nitrogens is 1. The molecule has 2 rings (SSSR count). The van der Waals surface area contributed by atoms with Crippen LogP contribution in [0.2, 0.25) is 0 Å². The zero-order valence-corrected chi connectivity index (χ0v) is 11.1. The summed E-state index contributed by atoms with van der Waals surface area (Å²) in [6, 6.07) is 4.55. The highest BCUT2D eigenvalue weighted by atomic mass is 16.5. The molecule has 4 nitrogen and oxygen atoms in total. The molecule has 0 bridgehead atoms. The normalized spacial score (nSPS) is 18.8. The molecule has 1 aliphatic rings. The number of ether oxygens (including phenoxy) is 1. The van der Waals surface area contributed by atoms with Crippen molar-refractivity contribution in [3.63, 3.8) is 0 Å². The van der Waals surface area contributed by atoms with E-state index in [-0.39, 0.29) is 0 Å². The quantitative estimate of drug-likeness (QED) is 0.779. The molecule has 1 fully saturated rings. The van der Waals surface area contributed by atoms with Crippen molar-refractivity contribution >= 4 is 5.82 Å². The van der Waals surface area contributed by atoms with E-state index >= 15 is 0 Å². The van der Waals surface area contributed by atoms with E-state index < -0.39 is 0 Å². The van der Waals surface area contributed by atoms with Gasteiger partial charge in [0.1, 0.15) is 0 Å². The first-order valence-corrected chi connectivity index (χ1v) is 6.95. The molecule has 2 heterocycles. The highest BCUT2D eigenvalue weighted by Crippen LogP contribution is 2.21. The molecule has 0 aromatic carbocycles. The van der Waals surface area contributed by atoms with Crippen molar-refractivity contribution in [3.8, 4) is 5.75 Å². The molecule has 1 aliphatic heterocycles. The van der Waals surface area contributed by atoms with Gasteiger partial charge in [0.25, 0.3) is 0 Å². The average molecular weight is 249 g/mol. The van der Waals surface area contributed by atoms with Crippen LogP contribution in [0.25, 0.3) is 0 Å². The summed E-state index contributed by atoms with van der Waals surface area (Å²) in [5, 5.41) is 6.87. The summed E-state index contributed by atoms with van der Waals surface area (Å²) < 4.78 is 5.67. The van der Waals surface area contributed by atoms with Crippen LogP contribution in [0.4, 0.5) is 5.82 Å². The minimum absolute atomic E-state index is 0.668. The Balaban J connectivity index is 1.79. The number of rotatable bonds is 7. The topological polar surface area (TPSA) is 46.2 Å². The van der Waals surface area contributed by atoms with Crippen LogP contribution in [-0.4, -0.2) is 30.7 Å². The Bertz CT molecular complexity index is 351. The zero-order valence-electron chi connectivity index (χ0n) is 11.1. The predicted molar refractivity (Wildman–Crippen MR) is 74.2 cm³/mol. The molecule has 2 N–H and O–H groups in total. The second kappa shape index (κ2) is 7.21. The summed E-state index contributed by atoms with van der Waals surface area (Å²) in [5.74, 6) is 1.72. The van der Waals surface area contributed by atoms with Crippen molar-refractivity contribution in [2.45, 2.75) is 38.6 Å². The number of anilines is 1. The van der Waals surface area contributed by atoms with Gasteiger partial charge in [-0.15, -0.1) is 0 Å². The lowest BCUT2D eigenvalue weighted by molar-refractivity contribution is 0.317. The van der Waals surface area contributed by atoms with Crippen LogP contribution in [0.3, 0.4) is 0 Å². The lowest BCUT2D eigenvalue weighted by atomic mass is 10.1. The van der Waals surface area contributed by atoms with Gasteiger partial charge >= 0.3 is 0 Å². The van der Waals surface area contributed by atoms with Gasteiger partial charge in [-0.25, -0.2) is 4.98 Å². The predicted octanol–water partition coefficient (Wildman–Crippen LogP) is 2.42. The van der Waals surface area contributed by atoms with Gasteiger partial charge in [0.05, 0.1) is 6.61 Å². The molecular weight excluding hydrogens is 226 g/mol. The third-order valence-electron chi connectivity index (χ3n) is 3.18. The van der Waals surface area contributed by atoms with Gasteiger partial charge < -0.3 is 15.4 Å². The molecule has 100 valence electrons. The van der Waals surface area contributed by atoms with E-state index in [4.69, 9.17) is 4.74 Å². The fourth-order valence-corrected chi connectivity index (χ4v) is 2.22. The monoisotopic (exact) mass is 249 g/mol. The molecule has 0 radical (unpaired) electrons. The van der Waals surface area contributed by atoms with Gasteiger partial charge in [0.2, 0.25) is 0 Å². The first-order valence-electron chi connectivity index (χ1n) is 6.95. The van der Waals surface area contributed by atoms with Crippen molar-refractivity contribution in [3.05, 3.63) is 18.3 Å². The lowest BCUT2D eigenvalue weighted by Crippen LogP contribution is -2.24. The Hall–Kier alpha value is -1.29. The number of nitrogens with zero attached hydrogens (tertiary/aromatic N) is 1. The van der Waals surface area contributed by atoms with Crippen molar-refractivity contribution in [2.75, 3.05) is 25.0 Å². The molecular formula is C14H23N3O. The van der Waals surface area contributed by atoms with Gasteiger partial charge in [0.15, 0.2) is 11.6 Å². The first kappa shape index (κ1) is 13.1. The second-order valence-corrected chi connectivity index (χ2v) is 4.71. The van der Waals surface area contributed by atoms with Crippen LogP contribution in [0.1, 0.15) is 32.6 Å². The third-order valence-corrected chi connectivity index (χ3v) is 3.18. The van der Waals surface area contributed by atoms with Crippen molar-refractivity contribution in [1.29, 1.82) is 0 Å². The summed E-state index contributed by atoms with van der Waals surface area (Å²) in [6.45, 7) is 4.95. The van der Waals surface area contributed by atoms with Gasteiger partial charge in [-0.05, 0) is 44.4 Å². The zero-order chi connectivity index (χ0) is 12.6. The molecule has 18 heavy (non-hydrogen) atoms. The SMILES string of the molecule is CCCOc1cccnc1NCC[C@@H]1CCCN1. The van der Waals surface area contributed by atoms with Gasteiger partial charge in [-0.3, -0.25) is 0 Å². The standard InChI is InChI=1S/C14H23N3O/c1-2-11-18-13-6-4-9-16-14(13)17-10-7-12-5-3-8-15-12/h4,6,9,12,15H,2-3,5,7-8,10-11H2,1H3,(H,16,17)/t12-/m0/s1. The molecule has 0 aliphatic carbocycles. The molecule has 0 saturated carbocycles. The van der Waals surface area contributed by atoms with E-state index in [2.05, 4.69) is 22.5 Å². The lowest BCUT2D eigenvalue weighted by Gasteiger charge is -2.13. The summed E-state index contributed by atoms with van der Waals surface area (Å²) in [7, 11) is 0. The Morgan fingerprint density at radius 3 is 3.28 bits per heavy atom. The van der Waals surface area contributed by atoms with Crippen LogP contribution in [0.15, 0.2) is 18.3 Å². The molecule has 1 aromatic heterocycles. The van der Waals surface area contributed by atoms with Crippen LogP contribution in [0, 0.1) is 0 Å². The Morgan fingerprint density at radius 1 is 1.56 bits per heavy atom. The van der Waals surface area contributed by atoms with E-state index in [0.717, 1.165) is 37.6 Å². The van der Waals surface area contributed by atoms with Gasteiger partial charge in [-0.1, -0.05) is 6.92 Å². The van der Waals surface area contributed by atoms with Crippen LogP contribution in [0.5, 0.6) is 5.75 Å². The molecule has 0 amide bonds. The smallest absolute Gasteiger partial charge is 0.168 e. The maximum Gasteiger partial charge on any atom is 0.168 e. The Kier molecular flexibility index (Phi) is 5.27. The summed E-state index contributed by atoms with van der Waals surface area (Å²) in [4.78, 5) is 4.34. The Morgan fingerprint density at radius 2 is 2.50 bits per heavy atom. The van der Waals surface area contributed by atoms with E-state index in [9.17, 15) is 0 Å². The maximum absolute atomic E-state index is 5.67. The molecule has 1 aromatic rings. The Labute approximate surface area is 109 Å². The molecule has 4 heteroatoms. The molecule has 1 atom stereocenters. The molecule has 0 unspecified atom stereocenters. The minimum atomic E-state index is 0.668. The van der Waals surface area contributed by atoms with Crippen LogP contribution >= 0.6 is 0 Å². The average Bonchev–Trinajstić information content (AvgIpc) is 2.91. The van der Waals surface area contributed by atoms with Crippen molar-refractivity contribution in [2.24, 2.45) is 0 Å². The molecule has 1 saturated heterocycles. The van der Waals surface area contributed by atoms with E-state index in [1.165, 1.54) is 19.4 Å². The molecule has 0 spiro atoms. The maximum atomic E-state index is 5.67. The van der Waals surface area contributed by atoms with Crippen LogP contribution < -0.4 is 15.4 Å².